The SMILES string of the molecule is O=C(CCc1ccco1)NC(c1ccccc1)c1ccco1. The molecule has 0 aliphatic rings. The van der Waals surface area contributed by atoms with E-state index >= 15 is 0 Å². The van der Waals surface area contributed by atoms with Gasteiger partial charge in [0, 0.05) is 12.8 Å². The maximum atomic E-state index is 12.2. The van der Waals surface area contributed by atoms with Crippen molar-refractivity contribution < 1.29 is 13.6 Å². The van der Waals surface area contributed by atoms with Crippen LogP contribution in [0.5, 0.6) is 0 Å². The molecule has 4 heteroatoms. The van der Waals surface area contributed by atoms with Crippen molar-refractivity contribution in [3.05, 3.63) is 84.2 Å². The number of benzene rings is 1. The molecule has 112 valence electrons. The largest absolute Gasteiger partial charge is 0.469 e. The fourth-order valence-corrected chi connectivity index (χ4v) is 2.34. The molecule has 22 heavy (non-hydrogen) atoms. The van der Waals surface area contributed by atoms with Crippen molar-refractivity contribution in [3.8, 4) is 0 Å². The van der Waals surface area contributed by atoms with Gasteiger partial charge in [-0.1, -0.05) is 30.3 Å². The number of hydrogen-bond acceptors (Lipinski definition) is 3. The maximum absolute atomic E-state index is 12.2. The van der Waals surface area contributed by atoms with E-state index in [0.717, 1.165) is 17.1 Å². The molecule has 3 rings (SSSR count). The number of nitrogens with one attached hydrogen (secondary N) is 1. The lowest BCUT2D eigenvalue weighted by Crippen LogP contribution is -2.29. The molecule has 0 fully saturated rings. The second-order valence-corrected chi connectivity index (χ2v) is 5.01. The molecule has 4 nitrogen and oxygen atoms in total. The van der Waals surface area contributed by atoms with Crippen LogP contribution in [-0.2, 0) is 11.2 Å². The van der Waals surface area contributed by atoms with Crippen molar-refractivity contribution in [2.75, 3.05) is 0 Å². The van der Waals surface area contributed by atoms with E-state index in [2.05, 4.69) is 5.32 Å². The highest BCUT2D eigenvalue weighted by Crippen LogP contribution is 2.22. The highest BCUT2D eigenvalue weighted by Gasteiger charge is 2.19. The van der Waals surface area contributed by atoms with Crippen LogP contribution in [0.3, 0.4) is 0 Å². The predicted octanol–water partition coefficient (Wildman–Crippen LogP) is 3.71. The molecule has 2 aromatic heterocycles. The van der Waals surface area contributed by atoms with Gasteiger partial charge in [-0.15, -0.1) is 0 Å². The predicted molar refractivity (Wildman–Crippen MR) is 82.2 cm³/mol. The van der Waals surface area contributed by atoms with Gasteiger partial charge in [-0.2, -0.15) is 0 Å². The molecule has 1 N–H and O–H groups in total. The fraction of sp³-hybridized carbons (Fsp3) is 0.167. The number of carbonyl (C=O) groups excluding carboxylic acids is 1. The van der Waals surface area contributed by atoms with E-state index < -0.39 is 0 Å². The maximum Gasteiger partial charge on any atom is 0.221 e. The van der Waals surface area contributed by atoms with Gasteiger partial charge in [0.25, 0.3) is 0 Å². The van der Waals surface area contributed by atoms with E-state index in [1.54, 1.807) is 12.5 Å². The molecule has 1 unspecified atom stereocenters. The Hall–Kier alpha value is -2.75. The quantitative estimate of drug-likeness (QED) is 0.754. The van der Waals surface area contributed by atoms with Crippen LogP contribution in [0.4, 0.5) is 0 Å². The topological polar surface area (TPSA) is 55.4 Å². The third-order valence-electron chi connectivity index (χ3n) is 3.44. The highest BCUT2D eigenvalue weighted by molar-refractivity contribution is 5.77. The molecule has 0 saturated heterocycles. The van der Waals surface area contributed by atoms with E-state index in [9.17, 15) is 4.79 Å². The summed E-state index contributed by atoms with van der Waals surface area (Å²) in [5, 5.41) is 3.02. The van der Waals surface area contributed by atoms with Gasteiger partial charge in [0.15, 0.2) is 0 Å². The normalized spacial score (nSPS) is 12.0. The average molecular weight is 295 g/mol. The van der Waals surface area contributed by atoms with Gasteiger partial charge in [-0.25, -0.2) is 0 Å². The second kappa shape index (κ2) is 6.80. The van der Waals surface area contributed by atoms with Gasteiger partial charge < -0.3 is 14.2 Å². The summed E-state index contributed by atoms with van der Waals surface area (Å²) in [4.78, 5) is 12.2. The zero-order chi connectivity index (χ0) is 15.2. The van der Waals surface area contributed by atoms with Gasteiger partial charge in [0.05, 0.1) is 12.5 Å². The zero-order valence-corrected chi connectivity index (χ0v) is 12.1. The van der Waals surface area contributed by atoms with Crippen LogP contribution < -0.4 is 5.32 Å². The summed E-state index contributed by atoms with van der Waals surface area (Å²) in [6.45, 7) is 0. The van der Waals surface area contributed by atoms with Gasteiger partial charge >= 0.3 is 0 Å². The molecule has 0 spiro atoms. The minimum atomic E-state index is -0.277. The molecule has 0 aliphatic carbocycles. The Bertz CT molecular complexity index is 687. The number of furan rings is 2. The summed E-state index contributed by atoms with van der Waals surface area (Å²) in [5.74, 6) is 1.49. The monoisotopic (exact) mass is 295 g/mol. The molecule has 0 radical (unpaired) electrons. The Morgan fingerprint density at radius 3 is 2.41 bits per heavy atom. The summed E-state index contributed by atoms with van der Waals surface area (Å²) in [6, 6.07) is 16.9. The standard InChI is InChI=1S/C18H17NO3/c20-17(11-10-15-8-4-12-21-15)19-18(16-9-5-13-22-16)14-6-2-1-3-7-14/h1-9,12-13,18H,10-11H2,(H,19,20). The minimum absolute atomic E-state index is 0.0401. The number of rotatable bonds is 6. The van der Waals surface area contributed by atoms with Crippen molar-refractivity contribution in [1.29, 1.82) is 0 Å². The number of carbonyl (C=O) groups is 1. The van der Waals surface area contributed by atoms with Gasteiger partial charge in [-0.3, -0.25) is 4.79 Å². The van der Waals surface area contributed by atoms with Crippen LogP contribution >= 0.6 is 0 Å². The average Bonchev–Trinajstić information content (AvgIpc) is 3.25. The Morgan fingerprint density at radius 1 is 0.955 bits per heavy atom. The Kier molecular flexibility index (Phi) is 4.39. The highest BCUT2D eigenvalue weighted by atomic mass is 16.3. The summed E-state index contributed by atoms with van der Waals surface area (Å²) in [7, 11) is 0. The molecule has 0 saturated carbocycles. The molecule has 1 amide bonds. The van der Waals surface area contributed by atoms with Crippen molar-refractivity contribution in [2.45, 2.75) is 18.9 Å². The van der Waals surface area contributed by atoms with Crippen LogP contribution in [0.1, 0.15) is 29.5 Å². The van der Waals surface area contributed by atoms with Crippen molar-refractivity contribution in [3.63, 3.8) is 0 Å². The van der Waals surface area contributed by atoms with E-state index in [1.165, 1.54) is 0 Å². The molecule has 1 atom stereocenters. The molecule has 2 heterocycles. The van der Waals surface area contributed by atoms with Gasteiger partial charge in [0.2, 0.25) is 5.91 Å². The molecule has 0 aliphatic heterocycles. The number of aryl methyl sites for hydroxylation is 1. The molecule has 1 aromatic carbocycles. The number of hydrogen-bond donors (Lipinski definition) is 1. The van der Waals surface area contributed by atoms with E-state index in [0.29, 0.717) is 12.8 Å². The van der Waals surface area contributed by atoms with Crippen LogP contribution in [0, 0.1) is 0 Å². The lowest BCUT2D eigenvalue weighted by molar-refractivity contribution is -0.121. The second-order valence-electron chi connectivity index (χ2n) is 5.01. The molecule has 0 bridgehead atoms. The summed E-state index contributed by atoms with van der Waals surface area (Å²) in [5.41, 5.74) is 0.990. The zero-order valence-electron chi connectivity index (χ0n) is 12.1. The third-order valence-corrected chi connectivity index (χ3v) is 3.44. The lowest BCUT2D eigenvalue weighted by atomic mass is 10.0. The summed E-state index contributed by atoms with van der Waals surface area (Å²) in [6.07, 6.45) is 4.18. The Balaban J connectivity index is 1.69. The van der Waals surface area contributed by atoms with Crippen LogP contribution in [-0.4, -0.2) is 5.91 Å². The Labute approximate surface area is 128 Å². The van der Waals surface area contributed by atoms with Crippen molar-refractivity contribution in [1.82, 2.24) is 5.32 Å². The first-order valence-electron chi connectivity index (χ1n) is 7.23. The first-order chi connectivity index (χ1) is 10.8. The first kappa shape index (κ1) is 14.2. The summed E-state index contributed by atoms with van der Waals surface area (Å²) < 4.78 is 10.7. The first-order valence-corrected chi connectivity index (χ1v) is 7.23. The molecular formula is C18H17NO3. The number of amides is 1. The van der Waals surface area contributed by atoms with Crippen molar-refractivity contribution >= 4 is 5.91 Å². The van der Waals surface area contributed by atoms with Gasteiger partial charge in [-0.05, 0) is 29.8 Å². The van der Waals surface area contributed by atoms with Gasteiger partial charge in [0.1, 0.15) is 17.6 Å². The minimum Gasteiger partial charge on any atom is -0.469 e. The van der Waals surface area contributed by atoms with E-state index in [4.69, 9.17) is 8.83 Å². The lowest BCUT2D eigenvalue weighted by Gasteiger charge is -2.17. The third kappa shape index (κ3) is 3.47. The Morgan fingerprint density at radius 2 is 1.73 bits per heavy atom. The molecular weight excluding hydrogens is 278 g/mol. The molecule has 3 aromatic rings. The van der Waals surface area contributed by atoms with Crippen molar-refractivity contribution in [2.24, 2.45) is 0 Å². The fourth-order valence-electron chi connectivity index (χ4n) is 2.34. The van der Waals surface area contributed by atoms with Crippen LogP contribution in [0.15, 0.2) is 76.0 Å². The van der Waals surface area contributed by atoms with Crippen LogP contribution in [0.2, 0.25) is 0 Å². The summed E-state index contributed by atoms with van der Waals surface area (Å²) >= 11 is 0. The van der Waals surface area contributed by atoms with Crippen LogP contribution in [0.25, 0.3) is 0 Å². The van der Waals surface area contributed by atoms with E-state index in [-0.39, 0.29) is 11.9 Å². The smallest absolute Gasteiger partial charge is 0.221 e. The van der Waals surface area contributed by atoms with E-state index in [1.807, 2.05) is 54.6 Å².